The Labute approximate surface area is 138 Å². The van der Waals surface area contributed by atoms with Crippen molar-refractivity contribution in [3.8, 4) is 5.75 Å². The van der Waals surface area contributed by atoms with Gasteiger partial charge in [0.15, 0.2) is 5.75 Å². The highest BCUT2D eigenvalue weighted by molar-refractivity contribution is 9.10. The molecule has 0 aromatic heterocycles. The fourth-order valence-electron chi connectivity index (χ4n) is 1.77. The van der Waals surface area contributed by atoms with Gasteiger partial charge in [0.05, 0.1) is 17.3 Å². The van der Waals surface area contributed by atoms with Crippen LogP contribution in [0.2, 0.25) is 5.02 Å². The minimum atomic E-state index is -0.274. The van der Waals surface area contributed by atoms with E-state index in [9.17, 15) is 4.39 Å². The average molecular weight is 424 g/mol. The molecule has 0 saturated heterocycles. The molecule has 0 saturated carbocycles. The second kappa shape index (κ2) is 6.78. The first-order valence-electron chi connectivity index (χ1n) is 5.72. The van der Waals surface area contributed by atoms with Gasteiger partial charge in [0.2, 0.25) is 0 Å². The number of methoxy groups -OCH3 is 1. The monoisotopic (exact) mass is 421 g/mol. The van der Waals surface area contributed by atoms with Crippen LogP contribution in [-0.4, -0.2) is 7.11 Å². The van der Waals surface area contributed by atoms with Crippen LogP contribution >= 0.6 is 43.5 Å². The molecule has 0 fully saturated rings. The molecular formula is C14H11Br2ClFNO. The summed E-state index contributed by atoms with van der Waals surface area (Å²) in [6.45, 7) is 0.446. The summed E-state index contributed by atoms with van der Waals surface area (Å²) in [5.74, 6) is 0.381. The van der Waals surface area contributed by atoms with Gasteiger partial charge in [0, 0.05) is 16.0 Å². The second-order valence-electron chi connectivity index (χ2n) is 4.06. The molecule has 0 aliphatic carbocycles. The molecule has 0 bridgehead atoms. The Morgan fingerprint density at radius 1 is 1.20 bits per heavy atom. The molecule has 1 N–H and O–H groups in total. The number of hydrogen-bond acceptors (Lipinski definition) is 2. The minimum absolute atomic E-state index is 0.274. The smallest absolute Gasteiger partial charge is 0.156 e. The molecule has 0 amide bonds. The molecule has 2 rings (SSSR count). The van der Waals surface area contributed by atoms with E-state index in [0.29, 0.717) is 17.3 Å². The van der Waals surface area contributed by atoms with Crippen molar-refractivity contribution in [3.05, 3.63) is 55.7 Å². The molecular weight excluding hydrogens is 412 g/mol. The van der Waals surface area contributed by atoms with E-state index in [-0.39, 0.29) is 5.82 Å². The van der Waals surface area contributed by atoms with Crippen molar-refractivity contribution in [2.45, 2.75) is 6.54 Å². The third-order valence-electron chi connectivity index (χ3n) is 2.69. The Hall–Kier alpha value is -0.780. The third-order valence-corrected chi connectivity index (χ3v) is 4.27. The van der Waals surface area contributed by atoms with Gasteiger partial charge < -0.3 is 10.1 Å². The molecule has 20 heavy (non-hydrogen) atoms. The Morgan fingerprint density at radius 2 is 1.95 bits per heavy atom. The van der Waals surface area contributed by atoms with Crippen molar-refractivity contribution < 1.29 is 9.13 Å². The average Bonchev–Trinajstić information content (AvgIpc) is 2.39. The number of hydrogen-bond donors (Lipinski definition) is 1. The number of halogens is 4. The fraction of sp³-hybridized carbons (Fsp3) is 0.143. The lowest BCUT2D eigenvalue weighted by Crippen LogP contribution is -2.03. The normalized spacial score (nSPS) is 10.4. The van der Waals surface area contributed by atoms with E-state index in [1.165, 1.54) is 12.1 Å². The molecule has 0 heterocycles. The summed E-state index contributed by atoms with van der Waals surface area (Å²) in [4.78, 5) is 0. The van der Waals surface area contributed by atoms with Gasteiger partial charge in [-0.25, -0.2) is 4.39 Å². The lowest BCUT2D eigenvalue weighted by molar-refractivity contribution is 0.414. The van der Waals surface area contributed by atoms with Crippen molar-refractivity contribution in [2.24, 2.45) is 0 Å². The predicted octanol–water partition coefficient (Wildman–Crippen LogP) is 5.62. The van der Waals surface area contributed by atoms with E-state index in [2.05, 4.69) is 37.2 Å². The van der Waals surface area contributed by atoms with Gasteiger partial charge in [-0.05, 0) is 51.8 Å². The van der Waals surface area contributed by atoms with Crippen LogP contribution in [-0.2, 0) is 6.54 Å². The standard InChI is InChI=1S/C14H11Br2ClFNO/c1-20-14-12(16)5-9(17)6-13(14)19-7-8-4-10(18)2-3-11(8)15/h2-6,19H,7H2,1H3. The topological polar surface area (TPSA) is 21.3 Å². The van der Waals surface area contributed by atoms with E-state index in [1.807, 2.05) is 0 Å². The van der Waals surface area contributed by atoms with Crippen LogP contribution < -0.4 is 10.1 Å². The Balaban J connectivity index is 2.24. The number of nitrogens with one attached hydrogen (secondary N) is 1. The summed E-state index contributed by atoms with van der Waals surface area (Å²) in [6, 6.07) is 8.08. The molecule has 6 heteroatoms. The summed E-state index contributed by atoms with van der Waals surface area (Å²) in [5, 5.41) is 3.78. The Bertz CT molecular complexity index is 637. The SMILES string of the molecule is COc1c(Br)cc(Cl)cc1NCc1cc(F)ccc1Br. The number of rotatable bonds is 4. The lowest BCUT2D eigenvalue weighted by Gasteiger charge is -2.14. The summed E-state index contributed by atoms with van der Waals surface area (Å²) >= 11 is 12.8. The summed E-state index contributed by atoms with van der Waals surface area (Å²) < 4.78 is 20.2. The van der Waals surface area contributed by atoms with Crippen molar-refractivity contribution in [1.29, 1.82) is 0 Å². The van der Waals surface area contributed by atoms with Gasteiger partial charge in [0.1, 0.15) is 5.82 Å². The van der Waals surface area contributed by atoms with Crippen LogP contribution in [0.25, 0.3) is 0 Å². The fourth-order valence-corrected chi connectivity index (χ4v) is 3.13. The first-order chi connectivity index (χ1) is 9.51. The van der Waals surface area contributed by atoms with Crippen LogP contribution in [0.4, 0.5) is 10.1 Å². The van der Waals surface area contributed by atoms with Crippen molar-refractivity contribution in [3.63, 3.8) is 0 Å². The summed E-state index contributed by atoms with van der Waals surface area (Å²) in [6.07, 6.45) is 0. The number of ether oxygens (including phenoxy) is 1. The van der Waals surface area contributed by atoms with Crippen LogP contribution in [0.1, 0.15) is 5.56 Å². The predicted molar refractivity (Wildman–Crippen MR) is 87.1 cm³/mol. The van der Waals surface area contributed by atoms with Gasteiger partial charge in [-0.2, -0.15) is 0 Å². The van der Waals surface area contributed by atoms with Gasteiger partial charge >= 0.3 is 0 Å². The van der Waals surface area contributed by atoms with Gasteiger partial charge in [-0.15, -0.1) is 0 Å². The van der Waals surface area contributed by atoms with Crippen LogP contribution in [0.15, 0.2) is 39.3 Å². The molecule has 0 aliphatic heterocycles. The van der Waals surface area contributed by atoms with E-state index >= 15 is 0 Å². The highest BCUT2D eigenvalue weighted by Crippen LogP contribution is 2.36. The second-order valence-corrected chi connectivity index (χ2v) is 6.20. The van der Waals surface area contributed by atoms with Gasteiger partial charge in [-0.1, -0.05) is 27.5 Å². The van der Waals surface area contributed by atoms with Crippen molar-refractivity contribution >= 4 is 49.1 Å². The third kappa shape index (κ3) is 3.65. The molecule has 0 spiro atoms. The van der Waals surface area contributed by atoms with E-state index in [1.54, 1.807) is 25.3 Å². The highest BCUT2D eigenvalue weighted by atomic mass is 79.9. The molecule has 2 aromatic carbocycles. The number of anilines is 1. The summed E-state index contributed by atoms with van der Waals surface area (Å²) in [7, 11) is 1.58. The zero-order valence-electron chi connectivity index (χ0n) is 10.5. The quantitative estimate of drug-likeness (QED) is 0.689. The van der Waals surface area contributed by atoms with Crippen LogP contribution in [0.5, 0.6) is 5.75 Å². The minimum Gasteiger partial charge on any atom is -0.493 e. The van der Waals surface area contributed by atoms with Crippen molar-refractivity contribution in [2.75, 3.05) is 12.4 Å². The van der Waals surface area contributed by atoms with E-state index < -0.39 is 0 Å². The zero-order chi connectivity index (χ0) is 14.7. The Morgan fingerprint density at radius 3 is 2.65 bits per heavy atom. The maximum Gasteiger partial charge on any atom is 0.156 e. The molecule has 0 aliphatic rings. The molecule has 106 valence electrons. The van der Waals surface area contributed by atoms with E-state index in [4.69, 9.17) is 16.3 Å². The van der Waals surface area contributed by atoms with Crippen molar-refractivity contribution in [1.82, 2.24) is 0 Å². The lowest BCUT2D eigenvalue weighted by atomic mass is 10.2. The molecule has 0 radical (unpaired) electrons. The number of benzene rings is 2. The highest BCUT2D eigenvalue weighted by Gasteiger charge is 2.10. The molecule has 2 nitrogen and oxygen atoms in total. The van der Waals surface area contributed by atoms with Crippen LogP contribution in [0.3, 0.4) is 0 Å². The maximum atomic E-state index is 13.2. The van der Waals surface area contributed by atoms with E-state index in [0.717, 1.165) is 20.2 Å². The van der Waals surface area contributed by atoms with Crippen LogP contribution in [0, 0.1) is 5.82 Å². The zero-order valence-corrected chi connectivity index (χ0v) is 14.4. The largest absolute Gasteiger partial charge is 0.493 e. The molecule has 0 unspecified atom stereocenters. The summed E-state index contributed by atoms with van der Waals surface area (Å²) in [5.41, 5.74) is 1.55. The van der Waals surface area contributed by atoms with Gasteiger partial charge in [-0.3, -0.25) is 0 Å². The first-order valence-corrected chi connectivity index (χ1v) is 7.68. The molecule has 2 aromatic rings. The maximum absolute atomic E-state index is 13.2. The Kier molecular flexibility index (Phi) is 5.29. The van der Waals surface area contributed by atoms with Gasteiger partial charge in [0.25, 0.3) is 0 Å². The first kappa shape index (κ1) is 15.6. The molecule has 0 atom stereocenters.